The summed E-state index contributed by atoms with van der Waals surface area (Å²) >= 11 is 0. The Bertz CT molecular complexity index is 490. The van der Waals surface area contributed by atoms with E-state index in [1.165, 1.54) is 0 Å². The van der Waals surface area contributed by atoms with Gasteiger partial charge >= 0.3 is 5.97 Å². The van der Waals surface area contributed by atoms with Crippen LogP contribution in [0.5, 0.6) is 5.75 Å². The molecule has 0 amide bonds. The van der Waals surface area contributed by atoms with Crippen LogP contribution < -0.4 is 10.1 Å². The van der Waals surface area contributed by atoms with Gasteiger partial charge in [0.25, 0.3) is 0 Å². The smallest absolute Gasteiger partial charge is 0.314 e. The summed E-state index contributed by atoms with van der Waals surface area (Å²) in [5, 5.41) is 13.0. The third-order valence-corrected chi connectivity index (χ3v) is 4.27. The van der Waals surface area contributed by atoms with Crippen molar-refractivity contribution in [2.45, 2.75) is 38.0 Å². The van der Waals surface area contributed by atoms with E-state index in [0.29, 0.717) is 18.8 Å². The molecule has 1 saturated heterocycles. The molecule has 0 bridgehead atoms. The predicted molar refractivity (Wildman–Crippen MR) is 78.5 cm³/mol. The lowest BCUT2D eigenvalue weighted by Gasteiger charge is -2.34. The number of hydrogen-bond donors (Lipinski definition) is 2. The first-order valence-corrected chi connectivity index (χ1v) is 7.14. The van der Waals surface area contributed by atoms with E-state index in [9.17, 15) is 9.90 Å². The summed E-state index contributed by atoms with van der Waals surface area (Å²) in [4.78, 5) is 11.9. The van der Waals surface area contributed by atoms with E-state index in [-0.39, 0.29) is 0 Å². The lowest BCUT2D eigenvalue weighted by atomic mass is 9.72. The van der Waals surface area contributed by atoms with E-state index in [0.717, 1.165) is 30.0 Å². The second kappa shape index (κ2) is 5.83. The van der Waals surface area contributed by atoms with Crippen LogP contribution in [0.25, 0.3) is 0 Å². The number of carboxylic acids is 1. The monoisotopic (exact) mass is 277 g/mol. The molecule has 0 atom stereocenters. The minimum absolute atomic E-state index is 0.303. The number of methoxy groups -OCH3 is 1. The predicted octanol–water partition coefficient (Wildman–Crippen LogP) is 2.52. The molecule has 0 aliphatic carbocycles. The fourth-order valence-corrected chi connectivity index (χ4v) is 2.96. The van der Waals surface area contributed by atoms with E-state index in [2.05, 4.69) is 19.2 Å². The number of hydrogen-bond acceptors (Lipinski definition) is 3. The van der Waals surface area contributed by atoms with E-state index >= 15 is 0 Å². The normalized spacial score (nSPS) is 18.0. The van der Waals surface area contributed by atoms with Crippen LogP contribution in [-0.2, 0) is 10.2 Å². The Kier molecular flexibility index (Phi) is 4.33. The van der Waals surface area contributed by atoms with Gasteiger partial charge < -0.3 is 15.2 Å². The van der Waals surface area contributed by atoms with Gasteiger partial charge in [0, 0.05) is 0 Å². The lowest BCUT2D eigenvalue weighted by Crippen LogP contribution is -2.45. The topological polar surface area (TPSA) is 58.6 Å². The molecular formula is C16H23NO3. The average molecular weight is 277 g/mol. The summed E-state index contributed by atoms with van der Waals surface area (Å²) in [7, 11) is 1.65. The first-order valence-electron chi connectivity index (χ1n) is 7.14. The molecule has 1 aromatic carbocycles. The summed E-state index contributed by atoms with van der Waals surface area (Å²) in [6.45, 7) is 5.68. The van der Waals surface area contributed by atoms with Crippen LogP contribution in [0.3, 0.4) is 0 Å². The number of nitrogens with one attached hydrogen (secondary N) is 1. The molecule has 1 fully saturated rings. The molecule has 4 nitrogen and oxygen atoms in total. The summed E-state index contributed by atoms with van der Waals surface area (Å²) < 4.78 is 5.38. The third-order valence-electron chi connectivity index (χ3n) is 4.27. The second-order valence-corrected chi connectivity index (χ2v) is 5.75. The fraction of sp³-hybridized carbons (Fsp3) is 0.562. The van der Waals surface area contributed by atoms with Crippen LogP contribution in [0, 0.1) is 0 Å². The molecule has 4 heteroatoms. The number of benzene rings is 1. The first-order chi connectivity index (χ1) is 9.51. The average Bonchev–Trinajstić information content (AvgIpc) is 2.47. The van der Waals surface area contributed by atoms with Gasteiger partial charge in [-0.2, -0.15) is 0 Å². The van der Waals surface area contributed by atoms with E-state index < -0.39 is 11.4 Å². The van der Waals surface area contributed by atoms with Crippen molar-refractivity contribution in [2.75, 3.05) is 20.2 Å². The van der Waals surface area contributed by atoms with E-state index in [4.69, 9.17) is 4.74 Å². The molecule has 1 aliphatic rings. The van der Waals surface area contributed by atoms with Gasteiger partial charge in [0.1, 0.15) is 5.75 Å². The number of piperidine rings is 1. The Balaban J connectivity index is 2.49. The van der Waals surface area contributed by atoms with Crippen LogP contribution in [0.15, 0.2) is 18.2 Å². The van der Waals surface area contributed by atoms with Crippen molar-refractivity contribution in [3.63, 3.8) is 0 Å². The minimum atomic E-state index is -0.763. The minimum Gasteiger partial charge on any atom is -0.496 e. The van der Waals surface area contributed by atoms with Crippen LogP contribution in [0.2, 0.25) is 0 Å². The van der Waals surface area contributed by atoms with Crippen LogP contribution >= 0.6 is 0 Å². The Morgan fingerprint density at radius 2 is 2.00 bits per heavy atom. The van der Waals surface area contributed by atoms with Crippen molar-refractivity contribution in [1.29, 1.82) is 0 Å². The highest BCUT2D eigenvalue weighted by molar-refractivity contribution is 5.82. The Hall–Kier alpha value is -1.55. The van der Waals surface area contributed by atoms with Crippen LogP contribution in [0.4, 0.5) is 0 Å². The highest BCUT2D eigenvalue weighted by Gasteiger charge is 2.41. The summed E-state index contributed by atoms with van der Waals surface area (Å²) in [5.41, 5.74) is 1.21. The zero-order valence-electron chi connectivity index (χ0n) is 12.4. The summed E-state index contributed by atoms with van der Waals surface area (Å²) in [6.07, 6.45) is 1.26. The quantitative estimate of drug-likeness (QED) is 0.888. The number of carboxylic acid groups (broad SMARTS) is 1. The Morgan fingerprint density at radius 3 is 2.50 bits per heavy atom. The Morgan fingerprint density at radius 1 is 1.35 bits per heavy atom. The van der Waals surface area contributed by atoms with E-state index in [1.807, 2.05) is 18.2 Å². The van der Waals surface area contributed by atoms with Crippen molar-refractivity contribution >= 4 is 5.97 Å². The van der Waals surface area contributed by atoms with Gasteiger partial charge in [-0.15, -0.1) is 0 Å². The molecular weight excluding hydrogens is 254 g/mol. The van der Waals surface area contributed by atoms with E-state index in [1.54, 1.807) is 7.11 Å². The third kappa shape index (κ3) is 2.52. The van der Waals surface area contributed by atoms with Crippen molar-refractivity contribution in [2.24, 2.45) is 0 Å². The molecule has 0 aromatic heterocycles. The van der Waals surface area contributed by atoms with Gasteiger partial charge in [-0.1, -0.05) is 26.0 Å². The van der Waals surface area contributed by atoms with Crippen molar-refractivity contribution < 1.29 is 14.6 Å². The molecule has 1 heterocycles. The lowest BCUT2D eigenvalue weighted by molar-refractivity contribution is -0.145. The SMILES string of the molecule is COc1ccc(C2(C(=O)O)CCNCC2)cc1C(C)C. The molecule has 2 N–H and O–H groups in total. The number of ether oxygens (including phenoxy) is 1. The second-order valence-electron chi connectivity index (χ2n) is 5.75. The van der Waals surface area contributed by atoms with Crippen molar-refractivity contribution in [1.82, 2.24) is 5.32 Å². The number of carbonyl (C=O) groups is 1. The van der Waals surface area contributed by atoms with Crippen molar-refractivity contribution in [3.05, 3.63) is 29.3 Å². The largest absolute Gasteiger partial charge is 0.496 e. The molecule has 0 saturated carbocycles. The highest BCUT2D eigenvalue weighted by atomic mass is 16.5. The van der Waals surface area contributed by atoms with Gasteiger partial charge in [-0.25, -0.2) is 0 Å². The van der Waals surface area contributed by atoms with Gasteiger partial charge in [-0.05, 0) is 49.0 Å². The molecule has 1 aromatic rings. The van der Waals surface area contributed by atoms with Gasteiger partial charge in [0.2, 0.25) is 0 Å². The fourth-order valence-electron chi connectivity index (χ4n) is 2.96. The van der Waals surface area contributed by atoms with Gasteiger partial charge in [0.15, 0.2) is 0 Å². The van der Waals surface area contributed by atoms with Crippen LogP contribution in [-0.4, -0.2) is 31.3 Å². The summed E-state index contributed by atoms with van der Waals surface area (Å²) in [6, 6.07) is 5.82. The van der Waals surface area contributed by atoms with Gasteiger partial charge in [0.05, 0.1) is 12.5 Å². The zero-order valence-corrected chi connectivity index (χ0v) is 12.4. The van der Waals surface area contributed by atoms with Crippen LogP contribution in [0.1, 0.15) is 43.7 Å². The molecule has 20 heavy (non-hydrogen) atoms. The molecule has 1 aliphatic heterocycles. The maximum absolute atomic E-state index is 11.9. The maximum atomic E-state index is 11.9. The standard InChI is InChI=1S/C16H23NO3/c1-11(2)13-10-12(4-5-14(13)20-3)16(15(18)19)6-8-17-9-7-16/h4-5,10-11,17H,6-9H2,1-3H3,(H,18,19). The molecule has 0 unspecified atom stereocenters. The van der Waals surface area contributed by atoms with Gasteiger partial charge in [-0.3, -0.25) is 4.79 Å². The molecule has 0 radical (unpaired) electrons. The highest BCUT2D eigenvalue weighted by Crippen LogP contribution is 2.37. The maximum Gasteiger partial charge on any atom is 0.314 e. The Labute approximate surface area is 120 Å². The summed E-state index contributed by atoms with van der Waals surface area (Å²) in [5.74, 6) is 0.412. The molecule has 0 spiro atoms. The molecule has 2 rings (SSSR count). The number of rotatable bonds is 4. The molecule has 110 valence electrons. The zero-order chi connectivity index (χ0) is 14.8. The number of aliphatic carboxylic acids is 1. The van der Waals surface area contributed by atoms with Crippen molar-refractivity contribution in [3.8, 4) is 5.75 Å². The first kappa shape index (κ1) is 14.9.